The van der Waals surface area contributed by atoms with Crippen LogP contribution in [0.1, 0.15) is 25.0 Å². The van der Waals surface area contributed by atoms with Crippen molar-refractivity contribution in [3.63, 3.8) is 0 Å². The monoisotopic (exact) mass is 857 g/mol. The van der Waals surface area contributed by atoms with Crippen molar-refractivity contribution in [2.75, 3.05) is 9.80 Å². The average molecular weight is 858 g/mol. The molecular weight excluding hydrogens is 815 g/mol. The van der Waals surface area contributed by atoms with Crippen molar-refractivity contribution in [1.29, 1.82) is 0 Å². The maximum Gasteiger partial charge on any atom is 0.0999 e. The molecule has 3 aromatic heterocycles. The van der Waals surface area contributed by atoms with E-state index in [1.165, 1.54) is 55.2 Å². The average Bonchev–Trinajstić information content (AvgIpc) is 4.17. The van der Waals surface area contributed by atoms with Crippen LogP contribution in [0.4, 0.5) is 32.8 Å². The number of rotatable bonds is 9. The lowest BCUT2D eigenvalue weighted by molar-refractivity contribution is 0.660. The van der Waals surface area contributed by atoms with Gasteiger partial charge in [0, 0.05) is 44.6 Å². The predicted octanol–water partition coefficient (Wildman–Crippen LogP) is 17.5. The van der Waals surface area contributed by atoms with Gasteiger partial charge in [0.2, 0.25) is 0 Å². The quantitative estimate of drug-likeness (QED) is 0.143. The molecule has 1 aliphatic carbocycles. The van der Waals surface area contributed by atoms with E-state index in [-0.39, 0.29) is 5.41 Å². The molecule has 1 aliphatic rings. The van der Waals surface area contributed by atoms with Crippen LogP contribution in [0, 0.1) is 0 Å². The van der Waals surface area contributed by atoms with E-state index in [1.54, 1.807) is 22.7 Å². The van der Waals surface area contributed by atoms with Gasteiger partial charge in [0.25, 0.3) is 0 Å². The molecule has 11 aromatic rings. The van der Waals surface area contributed by atoms with Crippen LogP contribution in [-0.4, -0.2) is 4.57 Å². The zero-order valence-electron chi connectivity index (χ0n) is 35.5. The molecule has 12 rings (SSSR count). The lowest BCUT2D eigenvalue weighted by Gasteiger charge is -2.30. The second-order valence-corrected chi connectivity index (χ2v) is 18.9. The molecule has 0 amide bonds. The molecule has 64 heavy (non-hydrogen) atoms. The third kappa shape index (κ3) is 6.39. The van der Waals surface area contributed by atoms with Crippen molar-refractivity contribution in [2.45, 2.75) is 19.3 Å². The van der Waals surface area contributed by atoms with Gasteiger partial charge in [-0.25, -0.2) is 0 Å². The van der Waals surface area contributed by atoms with Crippen LogP contribution in [0.5, 0.6) is 0 Å². The number of anilines is 6. The van der Waals surface area contributed by atoms with E-state index in [9.17, 15) is 0 Å². The summed E-state index contributed by atoms with van der Waals surface area (Å²) in [6.07, 6.45) is 0. The second-order valence-electron chi connectivity index (χ2n) is 17.0. The largest absolute Gasteiger partial charge is 0.309 e. The molecule has 0 fully saturated rings. The highest BCUT2D eigenvalue weighted by Gasteiger charge is 2.36. The van der Waals surface area contributed by atoms with Crippen LogP contribution in [-0.2, 0) is 5.41 Å². The molecular formula is C59H43N3S2. The molecule has 8 aromatic carbocycles. The summed E-state index contributed by atoms with van der Waals surface area (Å²) in [6.45, 7) is 4.73. The second kappa shape index (κ2) is 15.4. The molecule has 0 atom stereocenters. The van der Waals surface area contributed by atoms with Gasteiger partial charge in [0.1, 0.15) is 0 Å². The highest BCUT2D eigenvalue weighted by atomic mass is 32.1. The third-order valence-electron chi connectivity index (χ3n) is 13.0. The van der Waals surface area contributed by atoms with Gasteiger partial charge in [-0.3, -0.25) is 0 Å². The molecule has 5 heteroatoms. The van der Waals surface area contributed by atoms with Gasteiger partial charge in [0.15, 0.2) is 0 Å². The molecule has 0 aliphatic heterocycles. The normalized spacial score (nSPS) is 12.7. The van der Waals surface area contributed by atoms with E-state index in [1.807, 2.05) is 0 Å². The van der Waals surface area contributed by atoms with Crippen LogP contribution in [0.2, 0.25) is 0 Å². The summed E-state index contributed by atoms with van der Waals surface area (Å²) in [4.78, 5) is 4.88. The van der Waals surface area contributed by atoms with Crippen LogP contribution in [0.15, 0.2) is 223 Å². The first-order valence-electron chi connectivity index (χ1n) is 21.8. The molecule has 0 unspecified atom stereocenters. The van der Waals surface area contributed by atoms with Gasteiger partial charge in [-0.1, -0.05) is 129 Å². The Bertz CT molecular complexity index is 3460. The van der Waals surface area contributed by atoms with E-state index < -0.39 is 0 Å². The molecule has 0 spiro atoms. The van der Waals surface area contributed by atoms with E-state index in [4.69, 9.17) is 0 Å². The SMILES string of the molecule is CC1(C)c2ccccc2-c2ccc(N(c3cc(-c4ccc5c(c4)c4ccccc4n5-c4ccccc4)cc(N(c4ccc(-c5ccccc5)cc4)c4cccs4)c3)c3cccs3)cc21. The molecule has 0 saturated heterocycles. The van der Waals surface area contributed by atoms with Crippen LogP contribution >= 0.6 is 22.7 Å². The zero-order valence-corrected chi connectivity index (χ0v) is 37.2. The van der Waals surface area contributed by atoms with Crippen molar-refractivity contribution in [2.24, 2.45) is 0 Å². The summed E-state index contributed by atoms with van der Waals surface area (Å²) < 4.78 is 2.39. The Balaban J connectivity index is 1.08. The summed E-state index contributed by atoms with van der Waals surface area (Å²) in [5, 5.41) is 9.13. The summed E-state index contributed by atoms with van der Waals surface area (Å²) in [5.41, 5.74) is 17.9. The van der Waals surface area contributed by atoms with Crippen LogP contribution in [0.25, 0.3) is 60.9 Å². The number of hydrogen-bond acceptors (Lipinski definition) is 4. The number of thiophene rings is 2. The van der Waals surface area contributed by atoms with Gasteiger partial charge in [0.05, 0.1) is 21.0 Å². The number of para-hydroxylation sites is 2. The van der Waals surface area contributed by atoms with Gasteiger partial charge in [-0.15, -0.1) is 22.7 Å². The number of benzene rings is 8. The minimum Gasteiger partial charge on any atom is -0.309 e. The van der Waals surface area contributed by atoms with Crippen LogP contribution in [0.3, 0.4) is 0 Å². The Labute approximate surface area is 382 Å². The Hall–Kier alpha value is -7.44. The first kappa shape index (κ1) is 38.3. The van der Waals surface area contributed by atoms with Gasteiger partial charge >= 0.3 is 0 Å². The highest BCUT2D eigenvalue weighted by molar-refractivity contribution is 7.14. The molecule has 3 heterocycles. The molecule has 0 bridgehead atoms. The molecule has 3 nitrogen and oxygen atoms in total. The van der Waals surface area contributed by atoms with E-state index in [0.29, 0.717) is 0 Å². The lowest BCUT2D eigenvalue weighted by Crippen LogP contribution is -2.16. The smallest absolute Gasteiger partial charge is 0.0999 e. The minimum absolute atomic E-state index is 0.133. The molecule has 306 valence electrons. The highest BCUT2D eigenvalue weighted by Crippen LogP contribution is 2.52. The maximum absolute atomic E-state index is 2.46. The van der Waals surface area contributed by atoms with E-state index >= 15 is 0 Å². The zero-order chi connectivity index (χ0) is 42.8. The fourth-order valence-corrected chi connectivity index (χ4v) is 11.4. The first-order valence-corrected chi connectivity index (χ1v) is 23.6. The Morgan fingerprint density at radius 2 is 0.953 bits per heavy atom. The molecule has 0 radical (unpaired) electrons. The summed E-state index contributed by atoms with van der Waals surface area (Å²) in [7, 11) is 0. The Morgan fingerprint density at radius 3 is 1.67 bits per heavy atom. The van der Waals surface area contributed by atoms with Gasteiger partial charge < -0.3 is 14.4 Å². The summed E-state index contributed by atoms with van der Waals surface area (Å²) in [6, 6.07) is 78.0. The Morgan fingerprint density at radius 1 is 0.375 bits per heavy atom. The van der Waals surface area contributed by atoms with Gasteiger partial charge in [-0.05, 0) is 152 Å². The van der Waals surface area contributed by atoms with Gasteiger partial charge in [-0.2, -0.15) is 0 Å². The topological polar surface area (TPSA) is 11.4 Å². The van der Waals surface area contributed by atoms with Crippen molar-refractivity contribution >= 4 is 77.2 Å². The van der Waals surface area contributed by atoms with Crippen LogP contribution < -0.4 is 9.80 Å². The van der Waals surface area contributed by atoms with Crippen molar-refractivity contribution in [3.05, 3.63) is 234 Å². The summed E-state index contributed by atoms with van der Waals surface area (Å²) in [5.74, 6) is 0. The molecule has 0 saturated carbocycles. The minimum atomic E-state index is -0.133. The standard InChI is InChI=1S/C59H43N3S2/c1-59(2)53-21-11-9-19-49(53)50-31-30-46(39-54(50)59)61(58-24-14-34-64-58)48-36-43(42-27-32-56-52(37-42)51-20-10-12-22-55(51)62(56)44-17-7-4-8-18-44)35-47(38-48)60(57-23-13-33-63-57)45-28-25-41(26-29-45)40-15-5-3-6-16-40/h3-39H,1-2H3. The number of fused-ring (bicyclic) bond motifs is 6. The van der Waals surface area contributed by atoms with Crippen molar-refractivity contribution < 1.29 is 0 Å². The maximum atomic E-state index is 2.46. The number of nitrogens with zero attached hydrogens (tertiary/aromatic N) is 3. The first-order chi connectivity index (χ1) is 31.5. The summed E-state index contributed by atoms with van der Waals surface area (Å²) >= 11 is 3.52. The Kier molecular flexibility index (Phi) is 9.22. The molecule has 0 N–H and O–H groups in total. The van der Waals surface area contributed by atoms with E-state index in [2.05, 4.69) is 251 Å². The number of hydrogen-bond donors (Lipinski definition) is 0. The lowest BCUT2D eigenvalue weighted by atomic mass is 9.82. The van der Waals surface area contributed by atoms with E-state index in [0.717, 1.165) is 49.6 Å². The fraction of sp³-hybridized carbons (Fsp3) is 0.0508. The van der Waals surface area contributed by atoms with Crippen molar-refractivity contribution in [3.8, 4) is 39.1 Å². The van der Waals surface area contributed by atoms with Crippen molar-refractivity contribution in [1.82, 2.24) is 4.57 Å². The third-order valence-corrected chi connectivity index (χ3v) is 14.7. The number of aromatic nitrogens is 1. The fourth-order valence-electron chi connectivity index (χ4n) is 9.89. The predicted molar refractivity (Wildman–Crippen MR) is 274 cm³/mol.